The van der Waals surface area contributed by atoms with Crippen LogP contribution in [0.3, 0.4) is 0 Å². The third-order valence-corrected chi connectivity index (χ3v) is 6.31. The second kappa shape index (κ2) is 5.98. The molecule has 1 aliphatic rings. The minimum atomic E-state index is -3.47. The van der Waals surface area contributed by atoms with Crippen molar-refractivity contribution < 1.29 is 18.3 Å². The number of aromatic nitrogens is 1. The van der Waals surface area contributed by atoms with Gasteiger partial charge in [-0.2, -0.15) is 4.31 Å². The average molecular weight is 336 g/mol. The molecule has 7 heteroatoms. The van der Waals surface area contributed by atoms with Gasteiger partial charge in [0.15, 0.2) is 0 Å². The Kier molecular flexibility index (Phi) is 4.16. The normalized spacial score (nSPS) is 18.1. The Morgan fingerprint density at radius 2 is 1.87 bits per heavy atom. The summed E-state index contributed by atoms with van der Waals surface area (Å²) < 4.78 is 28.6. The molecule has 0 unspecified atom stereocenters. The molecule has 2 aromatic rings. The van der Waals surface area contributed by atoms with Gasteiger partial charge in [0.1, 0.15) is 6.04 Å². The first-order valence-corrected chi connectivity index (χ1v) is 9.19. The summed E-state index contributed by atoms with van der Waals surface area (Å²) in [5, 5.41) is 9.88. The van der Waals surface area contributed by atoms with Crippen molar-refractivity contribution in [2.24, 2.45) is 0 Å². The maximum absolute atomic E-state index is 12.7. The van der Waals surface area contributed by atoms with E-state index in [1.807, 2.05) is 0 Å². The highest BCUT2D eigenvalue weighted by Gasteiger charge is 2.26. The van der Waals surface area contributed by atoms with Crippen LogP contribution in [0.2, 0.25) is 0 Å². The zero-order valence-electron chi connectivity index (χ0n) is 13.0. The van der Waals surface area contributed by atoms with E-state index < -0.39 is 22.0 Å². The lowest BCUT2D eigenvalue weighted by atomic mass is 10.2. The van der Waals surface area contributed by atoms with Crippen molar-refractivity contribution in [1.29, 1.82) is 0 Å². The zero-order chi connectivity index (χ0) is 16.6. The quantitative estimate of drug-likeness (QED) is 0.930. The van der Waals surface area contributed by atoms with Gasteiger partial charge < -0.3 is 9.67 Å². The van der Waals surface area contributed by atoms with Crippen LogP contribution in [-0.4, -0.2) is 41.5 Å². The molecule has 0 bridgehead atoms. The first kappa shape index (κ1) is 16.0. The fourth-order valence-electron chi connectivity index (χ4n) is 3.01. The largest absolute Gasteiger partial charge is 0.480 e. The average Bonchev–Trinajstić information content (AvgIpc) is 2.97. The van der Waals surface area contributed by atoms with Crippen LogP contribution in [0.25, 0.3) is 10.9 Å². The summed E-state index contributed by atoms with van der Waals surface area (Å²) in [5.74, 6) is -0.924. The molecule has 1 fully saturated rings. The molecule has 1 saturated heterocycles. The van der Waals surface area contributed by atoms with Gasteiger partial charge in [-0.3, -0.25) is 0 Å². The Morgan fingerprint density at radius 3 is 2.52 bits per heavy atom. The number of carboxylic acid groups (broad SMARTS) is 1. The molecule has 3 rings (SSSR count). The summed E-state index contributed by atoms with van der Waals surface area (Å²) >= 11 is 0. The Bertz CT molecular complexity index is 835. The minimum absolute atomic E-state index is 0.271. The predicted octanol–water partition coefficient (Wildman–Crippen LogP) is 2.46. The number of fused-ring (bicyclic) bond motifs is 1. The molecule has 1 aromatic carbocycles. The van der Waals surface area contributed by atoms with Gasteiger partial charge in [0, 0.05) is 30.2 Å². The van der Waals surface area contributed by atoms with Crippen LogP contribution < -0.4 is 0 Å². The highest BCUT2D eigenvalue weighted by atomic mass is 32.2. The lowest BCUT2D eigenvalue weighted by molar-refractivity contribution is -0.140. The molecule has 0 saturated carbocycles. The van der Waals surface area contributed by atoms with Crippen molar-refractivity contribution in [1.82, 2.24) is 8.87 Å². The van der Waals surface area contributed by atoms with Crippen LogP contribution in [0.15, 0.2) is 35.4 Å². The van der Waals surface area contributed by atoms with E-state index in [0.29, 0.717) is 13.1 Å². The second-order valence-corrected chi connectivity index (χ2v) is 7.86. The number of hydrogen-bond donors (Lipinski definition) is 1. The van der Waals surface area contributed by atoms with Gasteiger partial charge in [-0.15, -0.1) is 0 Å². The number of benzene rings is 1. The van der Waals surface area contributed by atoms with Gasteiger partial charge in [-0.1, -0.05) is 6.42 Å². The number of piperidine rings is 1. The first-order valence-electron chi connectivity index (χ1n) is 7.75. The minimum Gasteiger partial charge on any atom is -0.480 e. The van der Waals surface area contributed by atoms with E-state index in [2.05, 4.69) is 0 Å². The van der Waals surface area contributed by atoms with E-state index in [-0.39, 0.29) is 4.90 Å². The molecule has 0 spiro atoms. The molecule has 6 nitrogen and oxygen atoms in total. The summed E-state index contributed by atoms with van der Waals surface area (Å²) in [7, 11) is -3.47. The Balaban J connectivity index is 1.99. The van der Waals surface area contributed by atoms with Gasteiger partial charge in [0.05, 0.1) is 4.90 Å². The monoisotopic (exact) mass is 336 g/mol. The topological polar surface area (TPSA) is 79.6 Å². The Hall–Kier alpha value is -1.86. The number of rotatable bonds is 4. The van der Waals surface area contributed by atoms with Crippen molar-refractivity contribution in [3.63, 3.8) is 0 Å². The van der Waals surface area contributed by atoms with Crippen LogP contribution in [0.5, 0.6) is 0 Å². The molecule has 124 valence electrons. The van der Waals surface area contributed by atoms with Crippen molar-refractivity contribution in [2.45, 2.75) is 37.1 Å². The smallest absolute Gasteiger partial charge is 0.326 e. The third-order valence-electron chi connectivity index (χ3n) is 4.42. The van der Waals surface area contributed by atoms with Crippen LogP contribution in [0, 0.1) is 0 Å². The van der Waals surface area contributed by atoms with E-state index in [9.17, 15) is 13.2 Å². The Labute approximate surface area is 135 Å². The van der Waals surface area contributed by atoms with Crippen LogP contribution in [0.4, 0.5) is 0 Å². The maximum Gasteiger partial charge on any atom is 0.326 e. The molecular weight excluding hydrogens is 316 g/mol. The third kappa shape index (κ3) is 2.86. The Morgan fingerprint density at radius 1 is 1.17 bits per heavy atom. The maximum atomic E-state index is 12.7. The fraction of sp³-hybridized carbons (Fsp3) is 0.438. The van der Waals surface area contributed by atoms with E-state index in [0.717, 1.165) is 30.2 Å². The standard InChI is InChI=1S/C16H20N2O4S/c1-12(16(19)20)18-10-7-13-11-14(5-6-15(13)18)23(21,22)17-8-3-2-4-9-17/h5-7,10-12H,2-4,8-9H2,1H3,(H,19,20)/t12-/m1/s1. The van der Waals surface area contributed by atoms with E-state index >= 15 is 0 Å². The summed E-state index contributed by atoms with van der Waals surface area (Å²) in [6.07, 6.45) is 4.55. The van der Waals surface area contributed by atoms with Gasteiger partial charge in [0.2, 0.25) is 10.0 Å². The second-order valence-electron chi connectivity index (χ2n) is 5.92. The van der Waals surface area contributed by atoms with Crippen LogP contribution >= 0.6 is 0 Å². The summed E-state index contributed by atoms with van der Waals surface area (Å²) in [6, 6.07) is 5.94. The van der Waals surface area contributed by atoms with E-state index in [1.165, 1.54) is 4.31 Å². The van der Waals surface area contributed by atoms with Gasteiger partial charge in [0.25, 0.3) is 0 Å². The summed E-state index contributed by atoms with van der Waals surface area (Å²) in [5.41, 5.74) is 0.720. The summed E-state index contributed by atoms with van der Waals surface area (Å²) in [4.78, 5) is 11.4. The fourth-order valence-corrected chi connectivity index (χ4v) is 4.57. The molecular formula is C16H20N2O4S. The molecule has 1 atom stereocenters. The lowest BCUT2D eigenvalue weighted by Gasteiger charge is -2.25. The van der Waals surface area contributed by atoms with Gasteiger partial charge in [-0.05, 0) is 44.0 Å². The molecule has 1 N–H and O–H groups in total. The zero-order valence-corrected chi connectivity index (χ0v) is 13.8. The number of sulfonamides is 1. The number of nitrogens with zero attached hydrogens (tertiary/aromatic N) is 2. The molecule has 1 aliphatic heterocycles. The highest BCUT2D eigenvalue weighted by Crippen LogP contribution is 2.26. The molecule has 2 heterocycles. The van der Waals surface area contributed by atoms with Gasteiger partial charge >= 0.3 is 5.97 Å². The predicted molar refractivity (Wildman–Crippen MR) is 86.9 cm³/mol. The SMILES string of the molecule is C[C@H](C(=O)O)n1ccc2cc(S(=O)(=O)N3CCCCC3)ccc21. The van der Waals surface area contributed by atoms with Gasteiger partial charge in [-0.25, -0.2) is 13.2 Å². The molecule has 1 aromatic heterocycles. The van der Waals surface area contributed by atoms with Crippen molar-refractivity contribution >= 4 is 26.9 Å². The number of hydrogen-bond acceptors (Lipinski definition) is 3. The van der Waals surface area contributed by atoms with Crippen LogP contribution in [-0.2, 0) is 14.8 Å². The summed E-state index contributed by atoms with van der Waals surface area (Å²) in [6.45, 7) is 2.73. The van der Waals surface area contributed by atoms with E-state index in [1.54, 1.807) is 42.0 Å². The number of carboxylic acids is 1. The molecule has 23 heavy (non-hydrogen) atoms. The van der Waals surface area contributed by atoms with Crippen molar-refractivity contribution in [2.75, 3.05) is 13.1 Å². The highest BCUT2D eigenvalue weighted by molar-refractivity contribution is 7.89. The lowest BCUT2D eigenvalue weighted by Crippen LogP contribution is -2.35. The first-order chi connectivity index (χ1) is 10.9. The van der Waals surface area contributed by atoms with Crippen molar-refractivity contribution in [3.05, 3.63) is 30.5 Å². The molecule has 0 aliphatic carbocycles. The molecule has 0 radical (unpaired) electrons. The van der Waals surface area contributed by atoms with Crippen LogP contribution in [0.1, 0.15) is 32.2 Å². The molecule has 0 amide bonds. The van der Waals surface area contributed by atoms with Crippen molar-refractivity contribution in [3.8, 4) is 0 Å². The number of aliphatic carboxylic acids is 1. The van der Waals surface area contributed by atoms with E-state index in [4.69, 9.17) is 5.11 Å². The number of carbonyl (C=O) groups is 1.